The minimum atomic E-state index is -2.03. The van der Waals surface area contributed by atoms with Gasteiger partial charge in [0, 0.05) is 78.5 Å². The Morgan fingerprint density at radius 1 is 1.05 bits per heavy atom. The van der Waals surface area contributed by atoms with Gasteiger partial charge in [-0.2, -0.15) is 11.8 Å². The molecule has 6 atom stereocenters. The predicted octanol–water partition coefficient (Wildman–Crippen LogP) is 6.03. The lowest BCUT2D eigenvalue weighted by Gasteiger charge is -2.43. The second kappa shape index (κ2) is 16.5. The fourth-order valence-electron chi connectivity index (χ4n) is 8.99. The number of nitrogens with one attached hydrogen (secondary N) is 1. The van der Waals surface area contributed by atoms with E-state index in [0.29, 0.717) is 37.4 Å². The molecule has 1 spiro atoms. The van der Waals surface area contributed by atoms with Crippen molar-refractivity contribution in [3.63, 3.8) is 0 Å². The number of halogens is 1. The van der Waals surface area contributed by atoms with E-state index in [1.54, 1.807) is 43.0 Å². The summed E-state index contributed by atoms with van der Waals surface area (Å²) >= 11 is 9.75. The molecule has 4 aliphatic rings. The van der Waals surface area contributed by atoms with Gasteiger partial charge in [-0.25, -0.2) is 0 Å². The van der Waals surface area contributed by atoms with Crippen LogP contribution in [0.4, 0.5) is 0 Å². The number of ether oxygens (including phenoxy) is 3. The molecule has 4 heterocycles. The van der Waals surface area contributed by atoms with Gasteiger partial charge in [-0.15, -0.1) is 11.8 Å². The number of aliphatic hydroxyl groups excluding tert-OH is 1. The van der Waals surface area contributed by atoms with Gasteiger partial charge in [-0.3, -0.25) is 24.0 Å². The minimum absolute atomic E-state index is 0.00502. The number of allylic oxidation sites excluding steroid dienone is 1. The molecule has 3 unspecified atom stereocenters. The van der Waals surface area contributed by atoms with Crippen LogP contribution in [0.15, 0.2) is 69.6 Å². The fourth-order valence-corrected chi connectivity index (χ4v) is 10.1. The molecule has 302 valence electrons. The molecule has 1 aromatic heterocycles. The van der Waals surface area contributed by atoms with Crippen LogP contribution in [-0.2, 0) is 20.9 Å². The standard InChI is InChI=1S/C42H46ClN3O9S2/c1-22-15-30(47)35(39(50)42(22)40(51)36-31(53-2)18-32(54-3)37(43)38(36)55-42)27(24-9-11-26(57-5)12-10-24)17-33(48)44-28(13-14-56-4)41(52)45-19-23-16-25(21-45)29-7-6-8-34(49)46(29)20-23/h6-12,18,22-23,25,27-28,50H,13-17,19-21H2,1-5H3,(H,44,48)/t22-,23?,25?,27?,28+,42+/m1/s1. The molecule has 2 aromatic carbocycles. The maximum atomic E-state index is 14.5. The molecule has 57 heavy (non-hydrogen) atoms. The number of carbonyl (C=O) groups is 4. The number of ketones is 2. The number of methoxy groups -OCH3 is 2. The number of likely N-dealkylation sites (tertiary alicyclic amines) is 1. The molecular formula is C42H46ClN3O9S2. The van der Waals surface area contributed by atoms with Crippen molar-refractivity contribution in [1.82, 2.24) is 14.8 Å². The molecule has 1 fully saturated rings. The van der Waals surface area contributed by atoms with Crippen LogP contribution < -0.4 is 25.1 Å². The highest BCUT2D eigenvalue weighted by atomic mass is 35.5. The van der Waals surface area contributed by atoms with Crippen molar-refractivity contribution in [3.8, 4) is 17.2 Å². The number of rotatable bonds is 12. The number of carbonyl (C=O) groups excluding carboxylic acids is 4. The van der Waals surface area contributed by atoms with Crippen molar-refractivity contribution in [2.24, 2.45) is 11.8 Å². The average Bonchev–Trinajstić information content (AvgIpc) is 3.52. The largest absolute Gasteiger partial charge is 0.507 e. The maximum Gasteiger partial charge on any atom is 0.250 e. The third kappa shape index (κ3) is 7.22. The highest BCUT2D eigenvalue weighted by Gasteiger charge is 2.61. The molecule has 1 aliphatic carbocycles. The number of aliphatic hydroxyl groups is 1. The van der Waals surface area contributed by atoms with Gasteiger partial charge in [-0.05, 0) is 60.8 Å². The molecule has 7 rings (SSSR count). The number of nitrogens with zero attached hydrogens (tertiary/aromatic N) is 2. The zero-order valence-electron chi connectivity index (χ0n) is 32.5. The van der Waals surface area contributed by atoms with E-state index in [9.17, 15) is 29.1 Å². The van der Waals surface area contributed by atoms with Gasteiger partial charge in [0.1, 0.15) is 28.1 Å². The zero-order chi connectivity index (χ0) is 40.8. The Kier molecular flexibility index (Phi) is 11.8. The van der Waals surface area contributed by atoms with Gasteiger partial charge >= 0.3 is 0 Å². The third-order valence-electron chi connectivity index (χ3n) is 11.8. The van der Waals surface area contributed by atoms with Crippen LogP contribution in [0.25, 0.3) is 0 Å². The maximum absolute atomic E-state index is 14.5. The summed E-state index contributed by atoms with van der Waals surface area (Å²) < 4.78 is 19.1. The third-order valence-corrected chi connectivity index (χ3v) is 13.5. The quantitative estimate of drug-likeness (QED) is 0.206. The SMILES string of the molecule is COc1cc(OC)c2c(c1Cl)O[C@]1(C2=O)C(O)=C(C(CC(=O)N[C@@H](CCSC)C(=O)N2CC3CC(C2)c2cccc(=O)n2C3)c2ccc(SC)cc2)C(=O)C[C@H]1C. The minimum Gasteiger partial charge on any atom is -0.507 e. The first kappa shape index (κ1) is 40.8. The zero-order valence-corrected chi connectivity index (χ0v) is 34.9. The summed E-state index contributed by atoms with van der Waals surface area (Å²) in [6.07, 6.45) is 4.64. The van der Waals surface area contributed by atoms with Crippen molar-refractivity contribution in [1.29, 1.82) is 0 Å². The van der Waals surface area contributed by atoms with Gasteiger partial charge in [0.05, 0.1) is 14.2 Å². The van der Waals surface area contributed by atoms with Gasteiger partial charge < -0.3 is 34.1 Å². The van der Waals surface area contributed by atoms with E-state index in [1.165, 1.54) is 32.0 Å². The summed E-state index contributed by atoms with van der Waals surface area (Å²) in [5, 5.41) is 15.3. The van der Waals surface area contributed by atoms with Gasteiger partial charge in [0.15, 0.2) is 17.3 Å². The first-order valence-electron chi connectivity index (χ1n) is 18.9. The van der Waals surface area contributed by atoms with Gasteiger partial charge in [0.25, 0.3) is 5.56 Å². The number of piperidine rings is 1. The molecule has 1 saturated heterocycles. The van der Waals surface area contributed by atoms with Crippen molar-refractivity contribution in [2.75, 3.05) is 45.6 Å². The molecule has 0 radical (unpaired) electrons. The van der Waals surface area contributed by atoms with E-state index in [-0.39, 0.29) is 69.6 Å². The smallest absolute Gasteiger partial charge is 0.250 e. The number of fused-ring (bicyclic) bond motifs is 5. The summed E-state index contributed by atoms with van der Waals surface area (Å²) in [6, 6.07) is 13.2. The number of pyridine rings is 1. The normalized spacial score (nSPS) is 23.4. The molecule has 2 bridgehead atoms. The molecule has 15 heteroatoms. The van der Waals surface area contributed by atoms with Crippen LogP contribution in [-0.4, -0.2) is 95.2 Å². The first-order valence-corrected chi connectivity index (χ1v) is 21.9. The highest BCUT2D eigenvalue weighted by molar-refractivity contribution is 7.98. The van der Waals surface area contributed by atoms with E-state index in [2.05, 4.69) is 5.32 Å². The van der Waals surface area contributed by atoms with Crippen LogP contribution in [0.3, 0.4) is 0 Å². The van der Waals surface area contributed by atoms with Crippen LogP contribution in [0, 0.1) is 11.8 Å². The first-order chi connectivity index (χ1) is 27.4. The number of benzene rings is 2. The Balaban J connectivity index is 1.22. The number of Topliss-reactive ketones (excluding diaryl/α,β-unsaturated/α-hetero) is 2. The second-order valence-electron chi connectivity index (χ2n) is 15.1. The molecule has 3 aliphatic heterocycles. The summed E-state index contributed by atoms with van der Waals surface area (Å²) in [4.78, 5) is 72.6. The lowest BCUT2D eigenvalue weighted by molar-refractivity contribution is -0.139. The highest BCUT2D eigenvalue weighted by Crippen LogP contribution is 2.56. The van der Waals surface area contributed by atoms with E-state index in [1.807, 2.05) is 40.2 Å². The van der Waals surface area contributed by atoms with Crippen molar-refractivity contribution < 1.29 is 38.5 Å². The Morgan fingerprint density at radius 2 is 1.79 bits per heavy atom. The lowest BCUT2D eigenvalue weighted by Crippen LogP contribution is -2.55. The topological polar surface area (TPSA) is 153 Å². The molecule has 3 aromatic rings. The molecule has 2 amide bonds. The molecule has 12 nitrogen and oxygen atoms in total. The number of thioether (sulfide) groups is 2. The van der Waals surface area contributed by atoms with Gasteiger partial charge in [-0.1, -0.05) is 36.7 Å². The fraction of sp³-hybridized carbons (Fsp3) is 0.452. The lowest BCUT2D eigenvalue weighted by atomic mass is 9.69. The van der Waals surface area contributed by atoms with Crippen LogP contribution in [0.5, 0.6) is 17.2 Å². The summed E-state index contributed by atoms with van der Waals surface area (Å²) in [5.41, 5.74) is -0.696. The van der Waals surface area contributed by atoms with E-state index >= 15 is 0 Å². The number of amides is 2. The van der Waals surface area contributed by atoms with E-state index < -0.39 is 46.7 Å². The van der Waals surface area contributed by atoms with Gasteiger partial charge in [0.2, 0.25) is 23.2 Å². The molecule has 2 N–H and O–H groups in total. The Bertz CT molecular complexity index is 2210. The van der Waals surface area contributed by atoms with Crippen molar-refractivity contribution in [2.45, 2.75) is 67.5 Å². The number of hydrogen-bond acceptors (Lipinski definition) is 11. The molecular weight excluding hydrogens is 790 g/mol. The summed E-state index contributed by atoms with van der Waals surface area (Å²) in [6.45, 7) is 3.08. The molecule has 0 saturated carbocycles. The Labute approximate surface area is 344 Å². The van der Waals surface area contributed by atoms with Crippen LogP contribution >= 0.6 is 35.1 Å². The summed E-state index contributed by atoms with van der Waals surface area (Å²) in [7, 11) is 2.80. The summed E-state index contributed by atoms with van der Waals surface area (Å²) in [5.74, 6) is -3.17. The monoisotopic (exact) mass is 835 g/mol. The second-order valence-corrected chi connectivity index (χ2v) is 17.4. The Morgan fingerprint density at radius 3 is 2.47 bits per heavy atom. The average molecular weight is 836 g/mol. The predicted molar refractivity (Wildman–Crippen MR) is 219 cm³/mol. The number of aromatic nitrogens is 1. The van der Waals surface area contributed by atoms with Crippen LogP contribution in [0.1, 0.15) is 66.1 Å². The van der Waals surface area contributed by atoms with Crippen molar-refractivity contribution >= 4 is 58.5 Å². The Hall–Kier alpha value is -4.40. The van der Waals surface area contributed by atoms with Crippen molar-refractivity contribution in [3.05, 3.63) is 92.1 Å². The van der Waals surface area contributed by atoms with Crippen LogP contribution in [0.2, 0.25) is 5.02 Å². The number of hydrogen-bond donors (Lipinski definition) is 2. The van der Waals surface area contributed by atoms with E-state index in [4.69, 9.17) is 25.8 Å². The van der Waals surface area contributed by atoms with E-state index in [0.717, 1.165) is 17.0 Å².